The second-order valence-electron chi connectivity index (χ2n) is 4.84. The van der Waals surface area contributed by atoms with E-state index in [1.54, 1.807) is 0 Å². The number of aromatic nitrogens is 1. The van der Waals surface area contributed by atoms with E-state index in [0.717, 1.165) is 11.4 Å². The second kappa shape index (κ2) is 7.06. The molecule has 3 nitrogen and oxygen atoms in total. The molecule has 20 heavy (non-hydrogen) atoms. The van der Waals surface area contributed by atoms with Crippen molar-refractivity contribution in [2.75, 3.05) is 6.61 Å². The van der Waals surface area contributed by atoms with Crippen molar-refractivity contribution in [2.24, 2.45) is 0 Å². The Balaban J connectivity index is 2.10. The van der Waals surface area contributed by atoms with E-state index in [4.69, 9.17) is 4.74 Å². The van der Waals surface area contributed by atoms with Crippen molar-refractivity contribution in [1.29, 1.82) is 0 Å². The minimum Gasteiger partial charge on any atom is -0.494 e. The van der Waals surface area contributed by atoms with Crippen LogP contribution in [0.1, 0.15) is 44.1 Å². The average Bonchev–Trinajstić information content (AvgIpc) is 2.49. The molecule has 0 aliphatic heterocycles. The Morgan fingerprint density at radius 1 is 1.05 bits per heavy atom. The van der Waals surface area contributed by atoms with Gasteiger partial charge in [-0.1, -0.05) is 24.3 Å². The van der Waals surface area contributed by atoms with E-state index in [1.165, 1.54) is 5.56 Å². The van der Waals surface area contributed by atoms with Crippen LogP contribution < -0.4 is 10.1 Å². The van der Waals surface area contributed by atoms with E-state index in [-0.39, 0.29) is 12.1 Å². The van der Waals surface area contributed by atoms with E-state index in [0.29, 0.717) is 6.61 Å². The predicted octanol–water partition coefficient (Wildman–Crippen LogP) is 3.89. The summed E-state index contributed by atoms with van der Waals surface area (Å²) in [6.07, 6.45) is 1.83. The number of ether oxygens (including phenoxy) is 1. The minimum atomic E-state index is 0.195. The third-order valence-electron chi connectivity index (χ3n) is 3.32. The highest BCUT2D eigenvalue weighted by Crippen LogP contribution is 2.26. The Labute approximate surface area is 121 Å². The molecule has 0 spiro atoms. The van der Waals surface area contributed by atoms with Gasteiger partial charge in [-0.2, -0.15) is 0 Å². The Bertz CT molecular complexity index is 528. The van der Waals surface area contributed by atoms with E-state index >= 15 is 0 Å². The average molecular weight is 270 g/mol. The van der Waals surface area contributed by atoms with Crippen LogP contribution in [-0.2, 0) is 0 Å². The highest BCUT2D eigenvalue weighted by atomic mass is 16.5. The number of nitrogens with zero attached hydrogens (tertiary/aromatic N) is 1. The molecule has 0 amide bonds. The molecule has 0 bridgehead atoms. The third kappa shape index (κ3) is 3.58. The molecule has 106 valence electrons. The monoisotopic (exact) mass is 270 g/mol. The third-order valence-corrected chi connectivity index (χ3v) is 3.32. The van der Waals surface area contributed by atoms with Gasteiger partial charge >= 0.3 is 0 Å². The van der Waals surface area contributed by atoms with Crippen LogP contribution in [-0.4, -0.2) is 11.6 Å². The summed E-state index contributed by atoms with van der Waals surface area (Å²) in [5, 5.41) is 3.57. The number of benzene rings is 1. The Morgan fingerprint density at radius 3 is 2.50 bits per heavy atom. The van der Waals surface area contributed by atoms with Gasteiger partial charge in [-0.3, -0.25) is 4.98 Å². The molecule has 2 unspecified atom stereocenters. The second-order valence-corrected chi connectivity index (χ2v) is 4.84. The Morgan fingerprint density at radius 2 is 1.80 bits per heavy atom. The molecule has 0 saturated heterocycles. The van der Waals surface area contributed by atoms with Crippen LogP contribution in [0.25, 0.3) is 0 Å². The first-order valence-corrected chi connectivity index (χ1v) is 7.11. The number of hydrogen-bond donors (Lipinski definition) is 1. The molecule has 1 heterocycles. The standard InChI is InChI=1S/C17H22N2O/c1-4-20-17-11-6-5-9-15(17)13(2)19-14(3)16-10-7-8-12-18-16/h5-14,19H,4H2,1-3H3. The Hall–Kier alpha value is -1.87. The molecule has 0 aliphatic carbocycles. The summed E-state index contributed by atoms with van der Waals surface area (Å²) in [6.45, 7) is 6.96. The normalized spacial score (nSPS) is 13.8. The van der Waals surface area contributed by atoms with Crippen molar-refractivity contribution < 1.29 is 4.74 Å². The first-order valence-electron chi connectivity index (χ1n) is 7.11. The van der Waals surface area contributed by atoms with Gasteiger partial charge in [0.05, 0.1) is 12.3 Å². The highest BCUT2D eigenvalue weighted by Gasteiger charge is 2.15. The first-order chi connectivity index (χ1) is 9.72. The van der Waals surface area contributed by atoms with Crippen LogP contribution in [0.2, 0.25) is 0 Å². The molecule has 1 aromatic heterocycles. The van der Waals surface area contributed by atoms with E-state index in [1.807, 2.05) is 49.5 Å². The van der Waals surface area contributed by atoms with Gasteiger partial charge in [0.25, 0.3) is 0 Å². The van der Waals surface area contributed by atoms with Crippen molar-refractivity contribution in [3.05, 3.63) is 59.9 Å². The number of rotatable bonds is 6. The summed E-state index contributed by atoms with van der Waals surface area (Å²) in [7, 11) is 0. The lowest BCUT2D eigenvalue weighted by atomic mass is 10.1. The lowest BCUT2D eigenvalue weighted by Gasteiger charge is -2.22. The van der Waals surface area contributed by atoms with E-state index in [9.17, 15) is 0 Å². The first kappa shape index (κ1) is 14.5. The summed E-state index contributed by atoms with van der Waals surface area (Å²) < 4.78 is 5.69. The van der Waals surface area contributed by atoms with E-state index in [2.05, 4.69) is 30.2 Å². The van der Waals surface area contributed by atoms with Gasteiger partial charge in [0.15, 0.2) is 0 Å². The van der Waals surface area contributed by atoms with Crippen LogP contribution >= 0.6 is 0 Å². The topological polar surface area (TPSA) is 34.1 Å². The minimum absolute atomic E-state index is 0.195. The van der Waals surface area contributed by atoms with Crippen LogP contribution in [0.3, 0.4) is 0 Å². The SMILES string of the molecule is CCOc1ccccc1C(C)NC(C)c1ccccn1. The van der Waals surface area contributed by atoms with E-state index < -0.39 is 0 Å². The molecule has 1 aromatic carbocycles. The van der Waals surface area contributed by atoms with Crippen LogP contribution in [0.15, 0.2) is 48.7 Å². The molecule has 3 heteroatoms. The maximum Gasteiger partial charge on any atom is 0.124 e. The maximum atomic E-state index is 5.69. The zero-order chi connectivity index (χ0) is 14.4. The lowest BCUT2D eigenvalue weighted by molar-refractivity contribution is 0.330. The zero-order valence-electron chi connectivity index (χ0n) is 12.3. The number of para-hydroxylation sites is 1. The van der Waals surface area contributed by atoms with Gasteiger partial charge < -0.3 is 10.1 Å². The largest absolute Gasteiger partial charge is 0.494 e. The lowest BCUT2D eigenvalue weighted by Crippen LogP contribution is -2.23. The number of hydrogen-bond acceptors (Lipinski definition) is 3. The Kier molecular flexibility index (Phi) is 5.13. The van der Waals surface area contributed by atoms with Crippen LogP contribution in [0.4, 0.5) is 0 Å². The molecule has 2 aromatic rings. The summed E-state index contributed by atoms with van der Waals surface area (Å²) in [6, 6.07) is 14.6. The van der Waals surface area contributed by atoms with Crippen molar-refractivity contribution >= 4 is 0 Å². The van der Waals surface area contributed by atoms with Crippen molar-refractivity contribution in [2.45, 2.75) is 32.9 Å². The quantitative estimate of drug-likeness (QED) is 0.864. The molecular weight excluding hydrogens is 248 g/mol. The fourth-order valence-electron chi connectivity index (χ4n) is 2.31. The van der Waals surface area contributed by atoms with Gasteiger partial charge in [0.2, 0.25) is 0 Å². The molecule has 0 fully saturated rings. The van der Waals surface area contributed by atoms with Crippen molar-refractivity contribution in [3.63, 3.8) is 0 Å². The van der Waals surface area contributed by atoms with Crippen molar-refractivity contribution in [3.8, 4) is 5.75 Å². The van der Waals surface area contributed by atoms with Crippen molar-refractivity contribution in [1.82, 2.24) is 10.3 Å². The fraction of sp³-hybridized carbons (Fsp3) is 0.353. The zero-order valence-corrected chi connectivity index (χ0v) is 12.3. The maximum absolute atomic E-state index is 5.69. The number of pyridine rings is 1. The van der Waals surface area contributed by atoms with Gasteiger partial charge in [-0.15, -0.1) is 0 Å². The predicted molar refractivity (Wildman–Crippen MR) is 81.8 cm³/mol. The highest BCUT2D eigenvalue weighted by molar-refractivity contribution is 5.35. The van der Waals surface area contributed by atoms with Gasteiger partial charge in [-0.05, 0) is 39.0 Å². The molecule has 2 atom stereocenters. The number of nitrogens with one attached hydrogen (secondary N) is 1. The van der Waals surface area contributed by atoms with Crippen LogP contribution in [0, 0.1) is 0 Å². The fourth-order valence-corrected chi connectivity index (χ4v) is 2.31. The summed E-state index contributed by atoms with van der Waals surface area (Å²) in [4.78, 5) is 4.39. The molecule has 0 saturated carbocycles. The van der Waals surface area contributed by atoms with Crippen LogP contribution in [0.5, 0.6) is 5.75 Å². The molecule has 1 N–H and O–H groups in total. The molecule has 0 radical (unpaired) electrons. The molecule has 0 aliphatic rings. The summed E-state index contributed by atoms with van der Waals surface area (Å²) in [5.41, 5.74) is 2.23. The van der Waals surface area contributed by atoms with Gasteiger partial charge in [-0.25, -0.2) is 0 Å². The van der Waals surface area contributed by atoms with Gasteiger partial charge in [0, 0.05) is 23.8 Å². The van der Waals surface area contributed by atoms with Gasteiger partial charge in [0.1, 0.15) is 5.75 Å². The smallest absolute Gasteiger partial charge is 0.124 e. The molecule has 2 rings (SSSR count). The molecular formula is C17H22N2O. The summed E-state index contributed by atoms with van der Waals surface area (Å²) >= 11 is 0. The summed E-state index contributed by atoms with van der Waals surface area (Å²) in [5.74, 6) is 0.947.